The number of aliphatic hydroxyl groups excluding tert-OH is 1. The van der Waals surface area contributed by atoms with Crippen molar-refractivity contribution < 1.29 is 9.84 Å². The van der Waals surface area contributed by atoms with E-state index in [4.69, 9.17) is 9.84 Å². The van der Waals surface area contributed by atoms with E-state index in [0.717, 1.165) is 31.9 Å². The molecule has 2 unspecified atom stereocenters. The molecule has 2 N–H and O–H groups in total. The van der Waals surface area contributed by atoms with Crippen LogP contribution in [0, 0.1) is 11.8 Å². The lowest BCUT2D eigenvalue weighted by atomic mass is 10.0. The Kier molecular flexibility index (Phi) is 6.22. The standard InChI is InChI=1S/C12H25NO2/c1-3-10(6-7-14)8-13-12(9-15-2)11-4-5-11/h10-14H,3-9H2,1-2H3. The largest absolute Gasteiger partial charge is 0.396 e. The van der Waals surface area contributed by atoms with Gasteiger partial charge in [0.1, 0.15) is 0 Å². The van der Waals surface area contributed by atoms with Gasteiger partial charge in [0, 0.05) is 19.8 Å². The molecule has 0 spiro atoms. The van der Waals surface area contributed by atoms with E-state index in [0.29, 0.717) is 18.6 Å². The first-order valence-corrected chi connectivity index (χ1v) is 6.15. The van der Waals surface area contributed by atoms with Gasteiger partial charge in [-0.05, 0) is 37.6 Å². The Balaban J connectivity index is 2.18. The quantitative estimate of drug-likeness (QED) is 0.611. The summed E-state index contributed by atoms with van der Waals surface area (Å²) in [6.45, 7) is 4.32. The first-order valence-electron chi connectivity index (χ1n) is 6.15. The number of ether oxygens (including phenoxy) is 1. The molecule has 1 aliphatic carbocycles. The van der Waals surface area contributed by atoms with E-state index in [2.05, 4.69) is 12.2 Å². The minimum Gasteiger partial charge on any atom is -0.396 e. The van der Waals surface area contributed by atoms with Gasteiger partial charge in [0.25, 0.3) is 0 Å². The van der Waals surface area contributed by atoms with E-state index in [1.165, 1.54) is 12.8 Å². The van der Waals surface area contributed by atoms with Gasteiger partial charge in [-0.15, -0.1) is 0 Å². The van der Waals surface area contributed by atoms with Crippen LogP contribution in [0.4, 0.5) is 0 Å². The first-order chi connectivity index (χ1) is 7.31. The molecule has 0 radical (unpaired) electrons. The fourth-order valence-corrected chi connectivity index (χ4v) is 1.99. The summed E-state index contributed by atoms with van der Waals surface area (Å²) in [7, 11) is 1.77. The Hall–Kier alpha value is -0.120. The van der Waals surface area contributed by atoms with Crippen molar-refractivity contribution in [2.24, 2.45) is 11.8 Å². The van der Waals surface area contributed by atoms with Crippen LogP contribution in [0.3, 0.4) is 0 Å². The Morgan fingerprint density at radius 1 is 1.47 bits per heavy atom. The Morgan fingerprint density at radius 2 is 2.20 bits per heavy atom. The van der Waals surface area contributed by atoms with Crippen molar-refractivity contribution in [2.45, 2.75) is 38.6 Å². The predicted octanol–water partition coefficient (Wildman–Crippen LogP) is 1.41. The molecule has 1 aliphatic rings. The average Bonchev–Trinajstić information content (AvgIpc) is 3.06. The van der Waals surface area contributed by atoms with Crippen LogP contribution in [0.2, 0.25) is 0 Å². The highest BCUT2D eigenvalue weighted by molar-refractivity contribution is 4.86. The maximum Gasteiger partial charge on any atom is 0.0618 e. The minimum absolute atomic E-state index is 0.304. The molecule has 0 heterocycles. The molecular weight excluding hydrogens is 190 g/mol. The number of nitrogens with one attached hydrogen (secondary N) is 1. The molecule has 0 aromatic rings. The van der Waals surface area contributed by atoms with E-state index in [1.807, 2.05) is 0 Å². The molecule has 15 heavy (non-hydrogen) atoms. The third kappa shape index (κ3) is 4.96. The molecule has 1 fully saturated rings. The second kappa shape index (κ2) is 7.20. The molecule has 3 nitrogen and oxygen atoms in total. The molecule has 3 heteroatoms. The van der Waals surface area contributed by atoms with E-state index in [-0.39, 0.29) is 0 Å². The van der Waals surface area contributed by atoms with Crippen LogP contribution in [0.1, 0.15) is 32.6 Å². The van der Waals surface area contributed by atoms with Crippen LogP contribution in [-0.4, -0.2) is 38.0 Å². The normalized spacial score (nSPS) is 20.2. The number of rotatable bonds is 9. The molecule has 1 saturated carbocycles. The van der Waals surface area contributed by atoms with Crippen molar-refractivity contribution in [2.75, 3.05) is 26.9 Å². The topological polar surface area (TPSA) is 41.5 Å². The van der Waals surface area contributed by atoms with Crippen molar-refractivity contribution in [3.8, 4) is 0 Å². The predicted molar refractivity (Wildman–Crippen MR) is 61.9 cm³/mol. The minimum atomic E-state index is 0.304. The van der Waals surface area contributed by atoms with Crippen LogP contribution >= 0.6 is 0 Å². The van der Waals surface area contributed by atoms with Crippen LogP contribution < -0.4 is 5.32 Å². The van der Waals surface area contributed by atoms with E-state index in [1.54, 1.807) is 7.11 Å². The summed E-state index contributed by atoms with van der Waals surface area (Å²) in [5.74, 6) is 1.43. The molecule has 0 amide bonds. The number of methoxy groups -OCH3 is 1. The monoisotopic (exact) mass is 215 g/mol. The molecule has 0 bridgehead atoms. The van der Waals surface area contributed by atoms with Crippen molar-refractivity contribution in [1.29, 1.82) is 0 Å². The molecule has 2 atom stereocenters. The third-order valence-corrected chi connectivity index (χ3v) is 3.32. The van der Waals surface area contributed by atoms with Gasteiger partial charge in [-0.2, -0.15) is 0 Å². The van der Waals surface area contributed by atoms with Crippen molar-refractivity contribution in [3.63, 3.8) is 0 Å². The van der Waals surface area contributed by atoms with Crippen LogP contribution in [-0.2, 0) is 4.74 Å². The van der Waals surface area contributed by atoms with Crippen molar-refractivity contribution >= 4 is 0 Å². The van der Waals surface area contributed by atoms with E-state index >= 15 is 0 Å². The Morgan fingerprint density at radius 3 is 2.67 bits per heavy atom. The molecule has 0 aliphatic heterocycles. The van der Waals surface area contributed by atoms with Gasteiger partial charge in [0.2, 0.25) is 0 Å². The smallest absolute Gasteiger partial charge is 0.0618 e. The van der Waals surface area contributed by atoms with Gasteiger partial charge < -0.3 is 15.2 Å². The van der Waals surface area contributed by atoms with Gasteiger partial charge in [-0.1, -0.05) is 13.3 Å². The molecule has 90 valence electrons. The molecule has 0 aromatic heterocycles. The number of hydrogen-bond donors (Lipinski definition) is 2. The zero-order valence-electron chi connectivity index (χ0n) is 10.0. The Bertz CT molecular complexity index is 160. The highest BCUT2D eigenvalue weighted by atomic mass is 16.5. The average molecular weight is 215 g/mol. The zero-order chi connectivity index (χ0) is 11.1. The summed E-state index contributed by atoms with van der Waals surface area (Å²) in [5, 5.41) is 12.5. The lowest BCUT2D eigenvalue weighted by molar-refractivity contribution is 0.152. The summed E-state index contributed by atoms with van der Waals surface area (Å²) in [5.41, 5.74) is 0. The summed E-state index contributed by atoms with van der Waals surface area (Å²) >= 11 is 0. The maximum absolute atomic E-state index is 8.91. The van der Waals surface area contributed by atoms with Gasteiger partial charge in [-0.25, -0.2) is 0 Å². The number of aliphatic hydroxyl groups is 1. The summed E-state index contributed by atoms with van der Waals surface area (Å²) in [4.78, 5) is 0. The van der Waals surface area contributed by atoms with Gasteiger partial charge in [-0.3, -0.25) is 0 Å². The van der Waals surface area contributed by atoms with E-state index in [9.17, 15) is 0 Å². The van der Waals surface area contributed by atoms with Gasteiger partial charge in [0.05, 0.1) is 6.61 Å². The summed E-state index contributed by atoms with van der Waals surface area (Å²) in [6, 6.07) is 0.530. The Labute approximate surface area is 93.2 Å². The van der Waals surface area contributed by atoms with E-state index < -0.39 is 0 Å². The molecular formula is C12H25NO2. The van der Waals surface area contributed by atoms with Gasteiger partial charge >= 0.3 is 0 Å². The van der Waals surface area contributed by atoms with Gasteiger partial charge in [0.15, 0.2) is 0 Å². The van der Waals surface area contributed by atoms with Crippen LogP contribution in [0.5, 0.6) is 0 Å². The fourth-order valence-electron chi connectivity index (χ4n) is 1.99. The second-order valence-corrected chi connectivity index (χ2v) is 4.59. The fraction of sp³-hybridized carbons (Fsp3) is 1.00. The lowest BCUT2D eigenvalue weighted by Crippen LogP contribution is -2.38. The SMILES string of the molecule is CCC(CCO)CNC(COC)C1CC1. The van der Waals surface area contributed by atoms with Crippen molar-refractivity contribution in [3.05, 3.63) is 0 Å². The third-order valence-electron chi connectivity index (χ3n) is 3.32. The number of hydrogen-bond acceptors (Lipinski definition) is 3. The zero-order valence-corrected chi connectivity index (χ0v) is 10.0. The maximum atomic E-state index is 8.91. The van der Waals surface area contributed by atoms with Crippen molar-refractivity contribution in [1.82, 2.24) is 5.32 Å². The lowest BCUT2D eigenvalue weighted by Gasteiger charge is -2.21. The molecule has 1 rings (SSSR count). The molecule has 0 aromatic carbocycles. The second-order valence-electron chi connectivity index (χ2n) is 4.59. The first kappa shape index (κ1) is 12.9. The highest BCUT2D eigenvalue weighted by Gasteiger charge is 2.30. The summed E-state index contributed by atoms with van der Waals surface area (Å²) < 4.78 is 5.22. The van der Waals surface area contributed by atoms with Crippen LogP contribution in [0.25, 0.3) is 0 Å². The highest BCUT2D eigenvalue weighted by Crippen LogP contribution is 2.32. The van der Waals surface area contributed by atoms with Crippen LogP contribution in [0.15, 0.2) is 0 Å². The molecule has 0 saturated heterocycles. The summed E-state index contributed by atoms with van der Waals surface area (Å²) in [6.07, 6.45) is 4.74.